The van der Waals surface area contributed by atoms with Crippen molar-refractivity contribution in [1.82, 2.24) is 20.8 Å². The molecule has 0 bridgehead atoms. The standard InChI is InChI=1S/C23H34N4O7/c1-16(6-12-28)14-18(3)26-10-4-8-22(33-26)20(31)25-23(21(32)24-22)9-5-11-27(34-23)19(30)15-17(2)7-13-29/h14-15,28-29H,3-13H2,1-2H3,(H,24,32)(H,25,31)/b16-14+,17-15+. The largest absolute Gasteiger partial charge is 0.396 e. The predicted octanol–water partition coefficient (Wildman–Crippen LogP) is 0.378. The van der Waals surface area contributed by atoms with Crippen molar-refractivity contribution < 1.29 is 34.3 Å². The molecule has 4 N–H and O–H groups in total. The zero-order valence-corrected chi connectivity index (χ0v) is 19.8. The van der Waals surface area contributed by atoms with Gasteiger partial charge >= 0.3 is 0 Å². The first-order chi connectivity index (χ1) is 16.1. The van der Waals surface area contributed by atoms with Gasteiger partial charge in [-0.15, -0.1) is 0 Å². The number of nitrogens with one attached hydrogen (secondary N) is 2. The molecule has 34 heavy (non-hydrogen) atoms. The first-order valence-electron chi connectivity index (χ1n) is 11.5. The van der Waals surface area contributed by atoms with Crippen molar-refractivity contribution in [3.63, 3.8) is 0 Å². The van der Waals surface area contributed by atoms with Crippen molar-refractivity contribution in [2.75, 3.05) is 26.3 Å². The van der Waals surface area contributed by atoms with Crippen molar-refractivity contribution in [3.05, 3.63) is 35.6 Å². The minimum absolute atomic E-state index is 0.0112. The Morgan fingerprint density at radius 3 is 1.94 bits per heavy atom. The molecule has 0 aromatic heterocycles. The van der Waals surface area contributed by atoms with Gasteiger partial charge in [0.2, 0.25) is 11.4 Å². The van der Waals surface area contributed by atoms with Crippen LogP contribution in [-0.2, 0) is 24.1 Å². The zero-order chi connectivity index (χ0) is 24.9. The van der Waals surface area contributed by atoms with Crippen molar-refractivity contribution in [2.45, 2.75) is 63.8 Å². The third-order valence-corrected chi connectivity index (χ3v) is 6.04. The average molecular weight is 479 g/mol. The Morgan fingerprint density at radius 1 is 0.941 bits per heavy atom. The van der Waals surface area contributed by atoms with E-state index in [0.29, 0.717) is 43.5 Å². The molecule has 3 amide bonds. The van der Waals surface area contributed by atoms with Crippen LogP contribution >= 0.6 is 0 Å². The molecular weight excluding hydrogens is 444 g/mol. The number of rotatable bonds is 7. The predicted molar refractivity (Wildman–Crippen MR) is 121 cm³/mol. The maximum Gasteiger partial charge on any atom is 0.278 e. The molecule has 3 aliphatic heterocycles. The van der Waals surface area contributed by atoms with Crippen LogP contribution in [0.3, 0.4) is 0 Å². The Bertz CT molecular complexity index is 830. The number of carbonyl (C=O) groups is 3. The van der Waals surface area contributed by atoms with E-state index < -0.39 is 29.2 Å². The van der Waals surface area contributed by atoms with Crippen LogP contribution in [0.4, 0.5) is 0 Å². The third-order valence-electron chi connectivity index (χ3n) is 6.04. The molecule has 2 unspecified atom stereocenters. The molecule has 3 rings (SSSR count). The lowest BCUT2D eigenvalue weighted by atomic mass is 9.95. The number of hydrogen-bond acceptors (Lipinski definition) is 8. The van der Waals surface area contributed by atoms with Crippen molar-refractivity contribution in [3.8, 4) is 0 Å². The number of carbonyl (C=O) groups excluding carboxylic acids is 3. The van der Waals surface area contributed by atoms with Gasteiger partial charge in [0.05, 0.1) is 5.70 Å². The molecule has 11 nitrogen and oxygen atoms in total. The molecule has 0 radical (unpaired) electrons. The topological polar surface area (TPSA) is 141 Å². The second kappa shape index (κ2) is 10.7. The number of hydroxylamine groups is 4. The van der Waals surface area contributed by atoms with Crippen molar-refractivity contribution >= 4 is 17.7 Å². The van der Waals surface area contributed by atoms with Gasteiger partial charge < -0.3 is 20.8 Å². The second-order valence-corrected chi connectivity index (χ2v) is 8.91. The van der Waals surface area contributed by atoms with Crippen LogP contribution in [-0.4, -0.2) is 75.8 Å². The summed E-state index contributed by atoms with van der Waals surface area (Å²) >= 11 is 0. The number of amides is 3. The van der Waals surface area contributed by atoms with Gasteiger partial charge in [-0.05, 0) is 45.6 Å². The van der Waals surface area contributed by atoms with Gasteiger partial charge in [0.15, 0.2) is 0 Å². The molecule has 2 spiro atoms. The van der Waals surface area contributed by atoms with Gasteiger partial charge in [-0.2, -0.15) is 0 Å². The van der Waals surface area contributed by atoms with Crippen LogP contribution < -0.4 is 10.6 Å². The zero-order valence-electron chi connectivity index (χ0n) is 19.8. The first kappa shape index (κ1) is 25.9. The number of aliphatic hydroxyl groups excluding tert-OH is 2. The Labute approximate surface area is 199 Å². The van der Waals surface area contributed by atoms with E-state index in [2.05, 4.69) is 17.2 Å². The molecule has 2 atom stereocenters. The summed E-state index contributed by atoms with van der Waals surface area (Å²) in [5.41, 5.74) is -1.25. The molecule has 3 aliphatic rings. The van der Waals surface area contributed by atoms with E-state index in [1.807, 2.05) is 6.92 Å². The summed E-state index contributed by atoms with van der Waals surface area (Å²) in [6.07, 6.45) is 5.40. The SMILES string of the molecule is C=C(/C=C(\C)CCO)N1CCCC2(NC(=O)C3(CCCN(C(=O)/C=C(\C)CCO)O3)NC2=O)O1. The Kier molecular flexibility index (Phi) is 8.13. The van der Waals surface area contributed by atoms with Crippen LogP contribution in [0, 0.1) is 0 Å². The van der Waals surface area contributed by atoms with Crippen molar-refractivity contribution in [2.24, 2.45) is 0 Å². The number of piperazine rings is 1. The van der Waals surface area contributed by atoms with E-state index in [1.54, 1.807) is 13.0 Å². The Morgan fingerprint density at radius 2 is 1.41 bits per heavy atom. The smallest absolute Gasteiger partial charge is 0.278 e. The first-order valence-corrected chi connectivity index (χ1v) is 11.5. The normalized spacial score (nSPS) is 28.2. The summed E-state index contributed by atoms with van der Waals surface area (Å²) < 4.78 is 0. The van der Waals surface area contributed by atoms with E-state index >= 15 is 0 Å². The highest BCUT2D eigenvalue weighted by atomic mass is 16.7. The number of hydrogen-bond donors (Lipinski definition) is 4. The van der Waals surface area contributed by atoms with E-state index in [1.165, 1.54) is 11.1 Å². The highest BCUT2D eigenvalue weighted by Crippen LogP contribution is 2.34. The number of nitrogens with zero attached hydrogens (tertiary/aromatic N) is 2. The minimum atomic E-state index is -1.71. The van der Waals surface area contributed by atoms with Gasteiger partial charge in [-0.1, -0.05) is 17.7 Å². The molecule has 0 aliphatic carbocycles. The van der Waals surface area contributed by atoms with Crippen LogP contribution in [0.25, 0.3) is 0 Å². The molecule has 3 saturated heterocycles. The summed E-state index contributed by atoms with van der Waals surface area (Å²) in [4.78, 5) is 50.7. The number of aliphatic hydroxyl groups is 2. The maximum absolute atomic E-state index is 13.2. The van der Waals surface area contributed by atoms with E-state index in [0.717, 1.165) is 10.6 Å². The van der Waals surface area contributed by atoms with Gasteiger partial charge in [0.1, 0.15) is 0 Å². The van der Waals surface area contributed by atoms with Crippen LogP contribution in [0.5, 0.6) is 0 Å². The fourth-order valence-electron chi connectivity index (χ4n) is 4.16. The summed E-state index contributed by atoms with van der Waals surface area (Å²) in [5, 5.41) is 26.0. The van der Waals surface area contributed by atoms with Gasteiger partial charge in [0.25, 0.3) is 17.7 Å². The lowest BCUT2D eigenvalue weighted by Gasteiger charge is -2.50. The molecule has 3 fully saturated rings. The quantitative estimate of drug-likeness (QED) is 0.304. The van der Waals surface area contributed by atoms with E-state index in [4.69, 9.17) is 19.9 Å². The second-order valence-electron chi connectivity index (χ2n) is 8.91. The summed E-state index contributed by atoms with van der Waals surface area (Å²) in [5.74, 6) is -1.63. The Hall–Kier alpha value is -2.73. The van der Waals surface area contributed by atoms with Crippen LogP contribution in [0.15, 0.2) is 35.6 Å². The molecule has 188 valence electrons. The monoisotopic (exact) mass is 478 g/mol. The lowest BCUT2D eigenvalue weighted by Crippen LogP contribution is -2.79. The summed E-state index contributed by atoms with van der Waals surface area (Å²) in [7, 11) is 0. The molecule has 0 saturated carbocycles. The molecule has 11 heteroatoms. The average Bonchev–Trinajstić information content (AvgIpc) is 2.78. The molecule has 3 heterocycles. The Balaban J connectivity index is 1.73. The maximum atomic E-state index is 13.2. The van der Waals surface area contributed by atoms with Crippen LogP contribution in [0.2, 0.25) is 0 Å². The summed E-state index contributed by atoms with van der Waals surface area (Å²) in [6, 6.07) is 0. The minimum Gasteiger partial charge on any atom is -0.396 e. The molecule has 0 aromatic carbocycles. The fraction of sp³-hybridized carbons (Fsp3) is 0.609. The molecular formula is C23H34N4O7. The van der Waals surface area contributed by atoms with Crippen molar-refractivity contribution in [1.29, 1.82) is 0 Å². The van der Waals surface area contributed by atoms with Gasteiger partial charge in [-0.3, -0.25) is 19.4 Å². The van der Waals surface area contributed by atoms with E-state index in [-0.39, 0.29) is 32.6 Å². The highest BCUT2D eigenvalue weighted by molar-refractivity contribution is 6.01. The summed E-state index contributed by atoms with van der Waals surface area (Å²) in [6.45, 7) is 8.23. The van der Waals surface area contributed by atoms with Gasteiger partial charge in [0, 0.05) is 45.2 Å². The van der Waals surface area contributed by atoms with Gasteiger partial charge in [-0.25, -0.2) is 14.7 Å². The highest BCUT2D eigenvalue weighted by Gasteiger charge is 2.59. The molecule has 0 aromatic rings. The fourth-order valence-corrected chi connectivity index (χ4v) is 4.16. The van der Waals surface area contributed by atoms with E-state index in [9.17, 15) is 14.4 Å². The lowest BCUT2D eigenvalue weighted by molar-refractivity contribution is -0.290. The van der Waals surface area contributed by atoms with Crippen LogP contribution in [0.1, 0.15) is 52.4 Å². The third kappa shape index (κ3) is 5.49. The number of allylic oxidation sites excluding steroid dienone is 1.